The lowest BCUT2D eigenvalue weighted by molar-refractivity contribution is 0.638. The molecule has 0 fully saturated rings. The molecule has 0 radical (unpaired) electrons. The van der Waals surface area contributed by atoms with Crippen molar-refractivity contribution in [3.05, 3.63) is 6.08 Å². The van der Waals surface area contributed by atoms with Gasteiger partial charge in [-0.3, -0.25) is 0 Å². The van der Waals surface area contributed by atoms with E-state index in [-0.39, 0.29) is 0 Å². The fourth-order valence-electron chi connectivity index (χ4n) is 0.655. The van der Waals surface area contributed by atoms with Crippen LogP contribution in [0, 0.1) is 5.92 Å². The summed E-state index contributed by atoms with van der Waals surface area (Å²) in [5.41, 5.74) is 0. The zero-order valence-electron chi connectivity index (χ0n) is 5.48. The van der Waals surface area contributed by atoms with E-state index in [2.05, 4.69) is 31.1 Å². The van der Waals surface area contributed by atoms with Gasteiger partial charge in [-0.2, -0.15) is 0 Å². The first kappa shape index (κ1) is 7.87. The highest BCUT2D eigenvalue weighted by molar-refractivity contribution is 7.78. The van der Waals surface area contributed by atoms with Gasteiger partial charge in [0, 0.05) is 0 Å². The van der Waals surface area contributed by atoms with Crippen LogP contribution < -0.4 is 0 Å². The van der Waals surface area contributed by atoms with Gasteiger partial charge in [0.05, 0.1) is 0 Å². The SMILES string of the molecule is CCCC(C)C=C=S. The topological polar surface area (TPSA) is 0 Å². The smallest absolute Gasteiger partial charge is 0.0177 e. The maximum absolute atomic E-state index is 4.54. The number of hydrogen-bond donors (Lipinski definition) is 0. The van der Waals surface area contributed by atoms with E-state index in [1.165, 1.54) is 12.8 Å². The molecule has 0 aromatic rings. The Kier molecular flexibility index (Phi) is 4.93. The lowest BCUT2D eigenvalue weighted by Gasteiger charge is -1.97. The zero-order valence-corrected chi connectivity index (χ0v) is 6.29. The van der Waals surface area contributed by atoms with Crippen LogP contribution in [0.4, 0.5) is 0 Å². The summed E-state index contributed by atoms with van der Waals surface area (Å²) in [6.07, 6.45) is 4.40. The molecule has 0 nitrogen and oxygen atoms in total. The molecule has 0 rings (SSSR count). The van der Waals surface area contributed by atoms with E-state index in [9.17, 15) is 0 Å². The maximum atomic E-state index is 4.54. The summed E-state index contributed by atoms with van der Waals surface area (Å²) in [5.74, 6) is 0.623. The molecule has 0 aromatic heterocycles. The van der Waals surface area contributed by atoms with E-state index in [0.29, 0.717) is 5.92 Å². The van der Waals surface area contributed by atoms with Gasteiger partial charge in [-0.15, -0.1) is 0 Å². The summed E-state index contributed by atoms with van der Waals surface area (Å²) in [6.45, 7) is 4.33. The molecular formula is C7H12S. The summed E-state index contributed by atoms with van der Waals surface area (Å²) in [4.78, 5) is 0. The van der Waals surface area contributed by atoms with Crippen LogP contribution in [0.1, 0.15) is 26.7 Å². The van der Waals surface area contributed by atoms with Crippen molar-refractivity contribution in [2.75, 3.05) is 0 Å². The molecule has 1 heteroatoms. The number of hydrogen-bond acceptors (Lipinski definition) is 1. The van der Waals surface area contributed by atoms with E-state index in [1.807, 2.05) is 6.08 Å². The molecule has 0 amide bonds. The second-order valence-corrected chi connectivity index (χ2v) is 2.29. The van der Waals surface area contributed by atoms with Crippen LogP contribution in [0.2, 0.25) is 0 Å². The summed E-state index contributed by atoms with van der Waals surface area (Å²) in [6, 6.07) is 0. The van der Waals surface area contributed by atoms with Crippen molar-refractivity contribution in [1.29, 1.82) is 0 Å². The Labute approximate surface area is 56.6 Å². The van der Waals surface area contributed by atoms with Crippen molar-refractivity contribution in [2.24, 2.45) is 5.92 Å². The molecule has 0 bridgehead atoms. The summed E-state index contributed by atoms with van der Waals surface area (Å²) < 4.78 is 0. The molecule has 0 aliphatic heterocycles. The molecule has 0 aliphatic rings. The third-order valence-electron chi connectivity index (χ3n) is 1.10. The van der Waals surface area contributed by atoms with E-state index >= 15 is 0 Å². The number of thiocarbonyl (C=S) groups is 1. The normalized spacial score (nSPS) is 12.2. The van der Waals surface area contributed by atoms with Crippen molar-refractivity contribution in [3.63, 3.8) is 0 Å². The van der Waals surface area contributed by atoms with Gasteiger partial charge in [0.1, 0.15) is 0 Å². The molecule has 0 saturated heterocycles. The minimum atomic E-state index is 0.623. The summed E-state index contributed by atoms with van der Waals surface area (Å²) in [5, 5.41) is 2.61. The standard InChI is InChI=1S/C7H12S/c1-3-4-7(2)5-6-8/h5,7H,3-4H2,1-2H3. The van der Waals surface area contributed by atoms with E-state index in [0.717, 1.165) is 0 Å². The Bertz CT molecular complexity index is 90.6. The highest BCUT2D eigenvalue weighted by atomic mass is 32.1. The molecule has 1 atom stereocenters. The highest BCUT2D eigenvalue weighted by Gasteiger charge is 1.90. The molecule has 0 aliphatic carbocycles. The van der Waals surface area contributed by atoms with Gasteiger partial charge in [-0.05, 0) is 30.6 Å². The average Bonchev–Trinajstić information content (AvgIpc) is 1.68. The zero-order chi connectivity index (χ0) is 6.41. The van der Waals surface area contributed by atoms with Crippen LogP contribution in [0.3, 0.4) is 0 Å². The van der Waals surface area contributed by atoms with Crippen LogP contribution >= 0.6 is 12.2 Å². The minimum absolute atomic E-state index is 0.623. The average molecular weight is 128 g/mol. The second-order valence-electron chi connectivity index (χ2n) is 2.05. The minimum Gasteiger partial charge on any atom is -0.0654 e. The van der Waals surface area contributed by atoms with E-state index in [1.54, 1.807) is 0 Å². The molecule has 0 aromatic carbocycles. The molecule has 8 heavy (non-hydrogen) atoms. The third-order valence-corrected chi connectivity index (χ3v) is 1.23. The van der Waals surface area contributed by atoms with Crippen LogP contribution in [0.5, 0.6) is 0 Å². The highest BCUT2D eigenvalue weighted by Crippen LogP contribution is 2.03. The van der Waals surface area contributed by atoms with Gasteiger partial charge in [0.2, 0.25) is 0 Å². The predicted octanol–water partition coefficient (Wildman–Crippen LogP) is 2.58. The van der Waals surface area contributed by atoms with Crippen LogP contribution in [0.25, 0.3) is 0 Å². The second kappa shape index (κ2) is 5.02. The molecule has 0 spiro atoms. The number of allylic oxidation sites excluding steroid dienone is 1. The van der Waals surface area contributed by atoms with Gasteiger partial charge in [-0.25, -0.2) is 0 Å². The van der Waals surface area contributed by atoms with Gasteiger partial charge < -0.3 is 0 Å². The quantitative estimate of drug-likeness (QED) is 0.526. The van der Waals surface area contributed by atoms with Crippen molar-refractivity contribution in [3.8, 4) is 0 Å². The Hall–Kier alpha value is -0.130. The lowest BCUT2D eigenvalue weighted by atomic mass is 10.1. The Morgan fingerprint density at radius 3 is 2.75 bits per heavy atom. The van der Waals surface area contributed by atoms with Crippen molar-refractivity contribution in [2.45, 2.75) is 26.7 Å². The largest absolute Gasteiger partial charge is 0.0654 e. The molecular weight excluding hydrogens is 116 g/mol. The van der Waals surface area contributed by atoms with Crippen molar-refractivity contribution in [1.82, 2.24) is 0 Å². The van der Waals surface area contributed by atoms with Crippen molar-refractivity contribution >= 4 is 17.2 Å². The fourth-order valence-corrected chi connectivity index (χ4v) is 0.887. The monoisotopic (exact) mass is 128 g/mol. The fraction of sp³-hybridized carbons (Fsp3) is 0.714. The van der Waals surface area contributed by atoms with E-state index < -0.39 is 0 Å². The van der Waals surface area contributed by atoms with Crippen LogP contribution in [-0.4, -0.2) is 5.02 Å². The first-order chi connectivity index (χ1) is 3.81. The Morgan fingerprint density at radius 1 is 1.75 bits per heavy atom. The molecule has 0 heterocycles. The predicted molar refractivity (Wildman–Crippen MR) is 41.2 cm³/mol. The number of rotatable bonds is 3. The van der Waals surface area contributed by atoms with Gasteiger partial charge >= 0.3 is 0 Å². The molecule has 1 unspecified atom stereocenters. The molecule has 0 saturated carbocycles. The Balaban J connectivity index is 3.31. The van der Waals surface area contributed by atoms with Gasteiger partial charge in [-0.1, -0.05) is 25.3 Å². The van der Waals surface area contributed by atoms with Crippen LogP contribution in [-0.2, 0) is 0 Å². The van der Waals surface area contributed by atoms with Crippen LogP contribution in [0.15, 0.2) is 6.08 Å². The van der Waals surface area contributed by atoms with Gasteiger partial charge in [0.15, 0.2) is 0 Å². The maximum Gasteiger partial charge on any atom is -0.0177 e. The molecule has 46 valence electrons. The van der Waals surface area contributed by atoms with Gasteiger partial charge in [0.25, 0.3) is 0 Å². The van der Waals surface area contributed by atoms with E-state index in [4.69, 9.17) is 0 Å². The Morgan fingerprint density at radius 2 is 2.38 bits per heavy atom. The third kappa shape index (κ3) is 4.04. The first-order valence-electron chi connectivity index (χ1n) is 3.02. The summed E-state index contributed by atoms with van der Waals surface area (Å²) >= 11 is 4.54. The summed E-state index contributed by atoms with van der Waals surface area (Å²) in [7, 11) is 0. The first-order valence-corrected chi connectivity index (χ1v) is 3.43. The molecule has 0 N–H and O–H groups in total. The van der Waals surface area contributed by atoms with Crippen molar-refractivity contribution < 1.29 is 0 Å². The lowest BCUT2D eigenvalue weighted by Crippen LogP contribution is -1.86.